The van der Waals surface area contributed by atoms with Gasteiger partial charge in [0.2, 0.25) is 5.91 Å². The van der Waals surface area contributed by atoms with Crippen LogP contribution in [-0.2, 0) is 11.2 Å². The molecular formula is C24H21N3O2S. The summed E-state index contributed by atoms with van der Waals surface area (Å²) in [6, 6.07) is 23.5. The first-order valence-corrected chi connectivity index (χ1v) is 10.5. The predicted octanol–water partition coefficient (Wildman–Crippen LogP) is 4.58. The molecule has 3 aromatic carbocycles. The smallest absolute Gasteiger partial charge is 0.251 e. The Labute approximate surface area is 178 Å². The minimum atomic E-state index is -0.709. The van der Waals surface area contributed by atoms with E-state index in [2.05, 4.69) is 15.6 Å². The molecule has 5 nitrogen and oxygen atoms in total. The van der Waals surface area contributed by atoms with Crippen molar-refractivity contribution in [3.8, 4) is 0 Å². The Morgan fingerprint density at radius 1 is 0.967 bits per heavy atom. The molecule has 2 N–H and O–H groups in total. The Bertz CT molecular complexity index is 1170. The molecule has 4 aromatic rings. The number of aryl methyl sites for hydroxylation is 1. The number of nitrogens with one attached hydrogen (secondary N) is 2. The number of hydrogen-bond donors (Lipinski definition) is 2. The summed E-state index contributed by atoms with van der Waals surface area (Å²) in [7, 11) is 0. The largest absolute Gasteiger partial charge is 0.340 e. The molecule has 2 amide bonds. The van der Waals surface area contributed by atoms with E-state index in [4.69, 9.17) is 0 Å². The summed E-state index contributed by atoms with van der Waals surface area (Å²) in [6.45, 7) is 1.96. The maximum Gasteiger partial charge on any atom is 0.251 e. The summed E-state index contributed by atoms with van der Waals surface area (Å²) in [6.07, 6.45) is 0.396. The van der Waals surface area contributed by atoms with Gasteiger partial charge in [-0.25, -0.2) is 4.98 Å². The molecule has 1 unspecified atom stereocenters. The quantitative estimate of drug-likeness (QED) is 0.484. The van der Waals surface area contributed by atoms with Crippen molar-refractivity contribution >= 4 is 39.1 Å². The third kappa shape index (κ3) is 4.72. The number of carbonyl (C=O) groups is 2. The van der Waals surface area contributed by atoms with Gasteiger partial charge in [-0.05, 0) is 42.8 Å². The highest BCUT2D eigenvalue weighted by atomic mass is 32.1. The van der Waals surface area contributed by atoms with E-state index in [1.165, 1.54) is 0 Å². The highest BCUT2D eigenvalue weighted by Gasteiger charge is 2.22. The Morgan fingerprint density at radius 3 is 2.40 bits per heavy atom. The van der Waals surface area contributed by atoms with E-state index in [9.17, 15) is 9.59 Å². The summed E-state index contributed by atoms with van der Waals surface area (Å²) in [4.78, 5) is 30.2. The summed E-state index contributed by atoms with van der Waals surface area (Å²) in [5, 5.41) is 6.81. The predicted molar refractivity (Wildman–Crippen MR) is 121 cm³/mol. The molecule has 0 bridgehead atoms. The van der Waals surface area contributed by atoms with Crippen LogP contribution in [0.4, 0.5) is 5.69 Å². The minimum Gasteiger partial charge on any atom is -0.340 e. The maximum atomic E-state index is 13.1. The van der Waals surface area contributed by atoms with Crippen LogP contribution in [0.2, 0.25) is 0 Å². The number of carbonyl (C=O) groups excluding carboxylic acids is 2. The lowest BCUT2D eigenvalue weighted by atomic mass is 10.0. The number of nitrogens with zero attached hydrogens (tertiary/aromatic N) is 1. The highest BCUT2D eigenvalue weighted by molar-refractivity contribution is 7.18. The Morgan fingerprint density at radius 2 is 1.67 bits per heavy atom. The summed E-state index contributed by atoms with van der Waals surface area (Å²) in [5.41, 5.74) is 3.08. The fraction of sp³-hybridized carbons (Fsp3) is 0.125. The van der Waals surface area contributed by atoms with E-state index < -0.39 is 6.04 Å². The molecule has 0 spiro atoms. The van der Waals surface area contributed by atoms with Crippen LogP contribution in [-0.4, -0.2) is 22.8 Å². The monoisotopic (exact) mass is 415 g/mol. The molecule has 0 aliphatic carbocycles. The molecule has 1 heterocycles. The minimum absolute atomic E-state index is 0.260. The topological polar surface area (TPSA) is 71.1 Å². The second-order valence-corrected chi connectivity index (χ2v) is 8.22. The Hall–Kier alpha value is -3.51. The molecule has 0 radical (unpaired) electrons. The number of amides is 2. The van der Waals surface area contributed by atoms with Gasteiger partial charge in [-0.15, -0.1) is 11.3 Å². The molecular weight excluding hydrogens is 394 g/mol. The molecule has 0 aliphatic rings. The number of anilines is 1. The van der Waals surface area contributed by atoms with Gasteiger partial charge in [-0.3, -0.25) is 9.59 Å². The number of hydrogen-bond acceptors (Lipinski definition) is 4. The summed E-state index contributed by atoms with van der Waals surface area (Å²) < 4.78 is 1.01. The molecule has 0 aliphatic heterocycles. The average Bonchev–Trinajstić information content (AvgIpc) is 3.14. The molecule has 30 heavy (non-hydrogen) atoms. The molecule has 1 atom stereocenters. The van der Waals surface area contributed by atoms with Gasteiger partial charge < -0.3 is 10.6 Å². The second-order valence-electron chi connectivity index (χ2n) is 6.99. The van der Waals surface area contributed by atoms with Gasteiger partial charge in [0, 0.05) is 17.7 Å². The fourth-order valence-corrected chi connectivity index (χ4v) is 4.10. The average molecular weight is 416 g/mol. The number of aromatic nitrogens is 1. The number of benzene rings is 3. The van der Waals surface area contributed by atoms with Gasteiger partial charge in [0.1, 0.15) is 6.04 Å². The van der Waals surface area contributed by atoms with Crippen LogP contribution < -0.4 is 10.6 Å². The van der Waals surface area contributed by atoms with Crippen LogP contribution in [0.3, 0.4) is 0 Å². The van der Waals surface area contributed by atoms with E-state index in [0.717, 1.165) is 20.8 Å². The van der Waals surface area contributed by atoms with Crippen molar-refractivity contribution in [2.75, 3.05) is 5.32 Å². The van der Waals surface area contributed by atoms with Crippen LogP contribution in [0.25, 0.3) is 10.2 Å². The lowest BCUT2D eigenvalue weighted by Crippen LogP contribution is -2.45. The van der Waals surface area contributed by atoms with Crippen molar-refractivity contribution in [1.82, 2.24) is 10.3 Å². The SMILES string of the molecule is Cc1nc2ccc(NC(=O)C(Cc3ccccc3)NC(=O)c3ccccc3)cc2s1. The molecule has 150 valence electrons. The van der Waals surface area contributed by atoms with E-state index in [-0.39, 0.29) is 11.8 Å². The number of fused-ring (bicyclic) bond motifs is 1. The number of thiazole rings is 1. The maximum absolute atomic E-state index is 13.1. The fourth-order valence-electron chi connectivity index (χ4n) is 3.24. The van der Waals surface area contributed by atoms with Gasteiger partial charge in [-0.2, -0.15) is 0 Å². The zero-order valence-corrected chi connectivity index (χ0v) is 17.3. The van der Waals surface area contributed by atoms with Crippen LogP contribution >= 0.6 is 11.3 Å². The molecule has 4 rings (SSSR count). The molecule has 1 aromatic heterocycles. The van der Waals surface area contributed by atoms with Gasteiger partial charge in [0.05, 0.1) is 15.2 Å². The van der Waals surface area contributed by atoms with Crippen LogP contribution in [0, 0.1) is 6.92 Å². The van der Waals surface area contributed by atoms with E-state index in [1.54, 1.807) is 35.6 Å². The first-order chi connectivity index (χ1) is 14.6. The first kappa shape index (κ1) is 19.8. The third-order valence-electron chi connectivity index (χ3n) is 4.70. The van der Waals surface area contributed by atoms with Crippen molar-refractivity contribution in [1.29, 1.82) is 0 Å². The lowest BCUT2D eigenvalue weighted by molar-refractivity contribution is -0.118. The standard InChI is InChI=1S/C24H21N3O2S/c1-16-25-20-13-12-19(15-22(20)30-16)26-24(29)21(14-17-8-4-2-5-9-17)27-23(28)18-10-6-3-7-11-18/h2-13,15,21H,14H2,1H3,(H,26,29)(H,27,28). The van der Waals surface area contributed by atoms with Crippen LogP contribution in [0.1, 0.15) is 20.9 Å². The second kappa shape index (κ2) is 8.88. The zero-order valence-electron chi connectivity index (χ0n) is 16.5. The Balaban J connectivity index is 1.55. The molecule has 6 heteroatoms. The van der Waals surface area contributed by atoms with Gasteiger partial charge in [0.25, 0.3) is 5.91 Å². The Kier molecular flexibility index (Phi) is 5.86. The van der Waals surface area contributed by atoms with Crippen molar-refractivity contribution in [2.45, 2.75) is 19.4 Å². The molecule has 0 saturated heterocycles. The molecule has 0 fully saturated rings. The van der Waals surface area contributed by atoms with E-state index >= 15 is 0 Å². The lowest BCUT2D eigenvalue weighted by Gasteiger charge is -2.19. The zero-order chi connectivity index (χ0) is 20.9. The van der Waals surface area contributed by atoms with E-state index in [1.807, 2.05) is 61.5 Å². The highest BCUT2D eigenvalue weighted by Crippen LogP contribution is 2.25. The first-order valence-electron chi connectivity index (χ1n) is 9.66. The van der Waals surface area contributed by atoms with Gasteiger partial charge >= 0.3 is 0 Å². The van der Waals surface area contributed by atoms with Crippen LogP contribution in [0.15, 0.2) is 78.9 Å². The van der Waals surface area contributed by atoms with Crippen molar-refractivity contribution in [2.24, 2.45) is 0 Å². The van der Waals surface area contributed by atoms with Crippen LogP contribution in [0.5, 0.6) is 0 Å². The number of rotatable bonds is 6. The normalized spacial score (nSPS) is 11.8. The van der Waals surface area contributed by atoms with Crippen molar-refractivity contribution < 1.29 is 9.59 Å². The van der Waals surface area contributed by atoms with Crippen molar-refractivity contribution in [3.63, 3.8) is 0 Å². The summed E-state index contributed by atoms with van der Waals surface area (Å²) >= 11 is 1.58. The van der Waals surface area contributed by atoms with E-state index in [0.29, 0.717) is 17.7 Å². The summed E-state index contributed by atoms with van der Waals surface area (Å²) in [5.74, 6) is -0.538. The molecule has 0 saturated carbocycles. The van der Waals surface area contributed by atoms with Gasteiger partial charge in [-0.1, -0.05) is 48.5 Å². The van der Waals surface area contributed by atoms with Crippen molar-refractivity contribution in [3.05, 3.63) is 95.0 Å². The third-order valence-corrected chi connectivity index (χ3v) is 5.64. The van der Waals surface area contributed by atoms with Gasteiger partial charge in [0.15, 0.2) is 0 Å².